The predicted octanol–water partition coefficient (Wildman–Crippen LogP) is 2.83. The second-order valence-electron chi connectivity index (χ2n) is 6.76. The minimum absolute atomic E-state index is 0.167. The summed E-state index contributed by atoms with van der Waals surface area (Å²) in [6.07, 6.45) is 2.49. The van der Waals surface area contributed by atoms with Gasteiger partial charge in [0.05, 0.1) is 11.4 Å². The van der Waals surface area contributed by atoms with Crippen molar-refractivity contribution in [3.8, 4) is 17.5 Å². The van der Waals surface area contributed by atoms with E-state index in [9.17, 15) is 9.59 Å². The number of aromatic nitrogens is 2. The van der Waals surface area contributed by atoms with Crippen LogP contribution in [0.25, 0.3) is 5.69 Å². The van der Waals surface area contributed by atoms with Gasteiger partial charge in [-0.3, -0.25) is 9.59 Å². The summed E-state index contributed by atoms with van der Waals surface area (Å²) in [6, 6.07) is 9.09. The molecule has 6 nitrogen and oxygen atoms in total. The molecule has 140 valence electrons. The first kappa shape index (κ1) is 18.7. The van der Waals surface area contributed by atoms with Gasteiger partial charge in [0.2, 0.25) is 5.91 Å². The first-order valence-corrected chi connectivity index (χ1v) is 9.17. The lowest BCUT2D eigenvalue weighted by Gasteiger charge is -2.33. The normalized spacial score (nSPS) is 16.4. The maximum absolute atomic E-state index is 12.7. The quantitative estimate of drug-likeness (QED) is 0.852. The number of carbonyl (C=O) groups is 2. The van der Waals surface area contributed by atoms with E-state index < -0.39 is 6.04 Å². The number of piperidine rings is 1. The van der Waals surface area contributed by atoms with E-state index in [1.807, 2.05) is 48.9 Å². The van der Waals surface area contributed by atoms with Crippen LogP contribution in [-0.2, 0) is 9.59 Å². The highest BCUT2D eigenvalue weighted by Gasteiger charge is 2.31. The number of benzene rings is 1. The van der Waals surface area contributed by atoms with E-state index in [4.69, 9.17) is 0 Å². The number of hydrogen-bond donors (Lipinski definition) is 1. The number of likely N-dealkylation sites (tertiary alicyclic amines) is 1. The number of nitrogens with zero attached hydrogens (tertiary/aromatic N) is 3. The SMILES string of the molecule is CC#CC(=O)N1CCCC[C@H]1C(=O)Nc1ccc(-n2nc(C)cc2C)cc1. The third-order valence-corrected chi connectivity index (χ3v) is 4.69. The molecule has 3 rings (SSSR count). The van der Waals surface area contributed by atoms with Crippen molar-refractivity contribution in [2.75, 3.05) is 11.9 Å². The van der Waals surface area contributed by atoms with Crippen LogP contribution in [0.4, 0.5) is 5.69 Å². The molecule has 0 saturated carbocycles. The number of amides is 2. The Morgan fingerprint density at radius 2 is 1.93 bits per heavy atom. The van der Waals surface area contributed by atoms with Gasteiger partial charge in [-0.25, -0.2) is 4.68 Å². The summed E-state index contributed by atoms with van der Waals surface area (Å²) in [5.41, 5.74) is 3.65. The molecule has 2 heterocycles. The smallest absolute Gasteiger partial charge is 0.299 e. The minimum Gasteiger partial charge on any atom is -0.324 e. The Morgan fingerprint density at radius 3 is 2.56 bits per heavy atom. The van der Waals surface area contributed by atoms with Gasteiger partial charge in [0.1, 0.15) is 6.04 Å². The van der Waals surface area contributed by atoms with Crippen LogP contribution >= 0.6 is 0 Å². The number of anilines is 1. The Labute approximate surface area is 159 Å². The Morgan fingerprint density at radius 1 is 1.19 bits per heavy atom. The summed E-state index contributed by atoms with van der Waals surface area (Å²) in [7, 11) is 0. The molecule has 0 radical (unpaired) electrons. The van der Waals surface area contributed by atoms with Gasteiger partial charge in [-0.05, 0) is 76.3 Å². The zero-order valence-corrected chi connectivity index (χ0v) is 16.0. The lowest BCUT2D eigenvalue weighted by atomic mass is 10.0. The van der Waals surface area contributed by atoms with Crippen LogP contribution in [0.15, 0.2) is 30.3 Å². The average Bonchev–Trinajstić information content (AvgIpc) is 3.00. The molecule has 2 amide bonds. The van der Waals surface area contributed by atoms with E-state index in [-0.39, 0.29) is 11.8 Å². The molecule has 27 heavy (non-hydrogen) atoms. The lowest BCUT2D eigenvalue weighted by Crippen LogP contribution is -2.49. The minimum atomic E-state index is -0.470. The number of carbonyl (C=O) groups excluding carboxylic acids is 2. The van der Waals surface area contributed by atoms with Crippen LogP contribution in [0.3, 0.4) is 0 Å². The van der Waals surface area contributed by atoms with E-state index in [2.05, 4.69) is 22.3 Å². The molecule has 1 aromatic heterocycles. The molecule has 1 aliphatic rings. The second kappa shape index (κ2) is 8.09. The summed E-state index contributed by atoms with van der Waals surface area (Å²) in [5.74, 6) is 4.72. The van der Waals surface area contributed by atoms with Gasteiger partial charge in [-0.2, -0.15) is 5.10 Å². The molecule has 1 aliphatic heterocycles. The predicted molar refractivity (Wildman–Crippen MR) is 104 cm³/mol. The maximum Gasteiger partial charge on any atom is 0.299 e. The molecule has 1 saturated heterocycles. The third kappa shape index (κ3) is 4.20. The summed E-state index contributed by atoms with van der Waals surface area (Å²) in [4.78, 5) is 26.5. The standard InChI is InChI=1S/C21H24N4O2/c1-4-7-20(26)24-13-6-5-8-19(24)21(27)22-17-9-11-18(12-10-17)25-16(3)14-15(2)23-25/h9-12,14,19H,5-6,8,13H2,1-3H3,(H,22,27)/t19-/m0/s1. The fourth-order valence-corrected chi connectivity index (χ4v) is 3.43. The molecule has 0 aliphatic carbocycles. The molecular formula is C21H24N4O2. The Bertz CT molecular complexity index is 902. The maximum atomic E-state index is 12.7. The summed E-state index contributed by atoms with van der Waals surface area (Å²) in [5, 5.41) is 7.39. The van der Waals surface area contributed by atoms with Gasteiger partial charge in [0.15, 0.2) is 0 Å². The van der Waals surface area contributed by atoms with Gasteiger partial charge in [-0.1, -0.05) is 5.92 Å². The number of nitrogens with one attached hydrogen (secondary N) is 1. The van der Waals surface area contributed by atoms with E-state index in [1.54, 1.807) is 11.8 Å². The average molecular weight is 364 g/mol. The molecule has 1 N–H and O–H groups in total. The summed E-state index contributed by atoms with van der Waals surface area (Å²) >= 11 is 0. The molecule has 1 aromatic carbocycles. The van der Waals surface area contributed by atoms with Gasteiger partial charge >= 0.3 is 0 Å². The third-order valence-electron chi connectivity index (χ3n) is 4.69. The highest BCUT2D eigenvalue weighted by atomic mass is 16.2. The van der Waals surface area contributed by atoms with Crippen molar-refractivity contribution >= 4 is 17.5 Å². The first-order valence-electron chi connectivity index (χ1n) is 9.17. The van der Waals surface area contributed by atoms with Crippen molar-refractivity contribution in [1.82, 2.24) is 14.7 Å². The number of aryl methyl sites for hydroxylation is 2. The van der Waals surface area contributed by atoms with Crippen LogP contribution in [0.2, 0.25) is 0 Å². The Balaban J connectivity index is 1.72. The molecule has 0 bridgehead atoms. The monoisotopic (exact) mass is 364 g/mol. The molecule has 6 heteroatoms. The van der Waals surface area contributed by atoms with Crippen LogP contribution < -0.4 is 5.32 Å². The zero-order chi connectivity index (χ0) is 19.4. The van der Waals surface area contributed by atoms with Gasteiger partial charge in [-0.15, -0.1) is 0 Å². The molecule has 2 aromatic rings. The molecule has 1 fully saturated rings. The first-order chi connectivity index (χ1) is 13.0. The van der Waals surface area contributed by atoms with Gasteiger partial charge < -0.3 is 10.2 Å². The van der Waals surface area contributed by atoms with Gasteiger partial charge in [0.25, 0.3) is 5.91 Å². The molecule has 0 spiro atoms. The van der Waals surface area contributed by atoms with E-state index >= 15 is 0 Å². The van der Waals surface area contributed by atoms with Crippen LogP contribution in [-0.4, -0.2) is 39.1 Å². The summed E-state index contributed by atoms with van der Waals surface area (Å²) < 4.78 is 1.87. The highest BCUT2D eigenvalue weighted by Crippen LogP contribution is 2.20. The van der Waals surface area contributed by atoms with Crippen molar-refractivity contribution in [3.63, 3.8) is 0 Å². The van der Waals surface area contributed by atoms with E-state index in [1.165, 1.54) is 0 Å². The van der Waals surface area contributed by atoms with Crippen molar-refractivity contribution in [3.05, 3.63) is 41.7 Å². The Hall–Kier alpha value is -3.07. The second-order valence-corrected chi connectivity index (χ2v) is 6.76. The van der Waals surface area contributed by atoms with Crippen molar-refractivity contribution in [2.24, 2.45) is 0 Å². The van der Waals surface area contributed by atoms with Gasteiger partial charge in [0, 0.05) is 17.9 Å². The molecule has 1 atom stereocenters. The van der Waals surface area contributed by atoms with Crippen molar-refractivity contribution in [1.29, 1.82) is 0 Å². The fourth-order valence-electron chi connectivity index (χ4n) is 3.43. The molecular weight excluding hydrogens is 340 g/mol. The fraction of sp³-hybridized carbons (Fsp3) is 0.381. The topological polar surface area (TPSA) is 67.2 Å². The van der Waals surface area contributed by atoms with Crippen LogP contribution in [0, 0.1) is 25.7 Å². The number of hydrogen-bond acceptors (Lipinski definition) is 3. The van der Waals surface area contributed by atoms with Crippen molar-refractivity contribution < 1.29 is 9.59 Å². The zero-order valence-electron chi connectivity index (χ0n) is 16.0. The van der Waals surface area contributed by atoms with E-state index in [0.29, 0.717) is 18.7 Å². The van der Waals surface area contributed by atoms with Crippen LogP contribution in [0.1, 0.15) is 37.6 Å². The van der Waals surface area contributed by atoms with Crippen molar-refractivity contribution in [2.45, 2.75) is 46.1 Å². The molecule has 0 unspecified atom stereocenters. The van der Waals surface area contributed by atoms with E-state index in [0.717, 1.165) is 29.9 Å². The number of rotatable bonds is 3. The highest BCUT2D eigenvalue weighted by molar-refractivity contribution is 6.01. The lowest BCUT2D eigenvalue weighted by molar-refractivity contribution is -0.135. The Kier molecular flexibility index (Phi) is 5.60. The van der Waals surface area contributed by atoms with Crippen LogP contribution in [0.5, 0.6) is 0 Å². The summed E-state index contributed by atoms with van der Waals surface area (Å²) in [6.45, 7) is 6.16. The largest absolute Gasteiger partial charge is 0.324 e.